The lowest BCUT2D eigenvalue weighted by molar-refractivity contribution is -0.917. The number of nitrogens with one attached hydrogen (secondary N) is 1. The average molecular weight is 356 g/mol. The highest BCUT2D eigenvalue weighted by Crippen LogP contribution is 2.18. The standard InChI is InChI=1S/C19H21N3O2S/c1-14-4-8-16(9-5-14)18-20-22(19(25)24-18)13-21(2)12-15-6-10-17(23-3)11-7-15/h4-11H,12-13H2,1-3H3/p+1. The lowest BCUT2D eigenvalue weighted by Crippen LogP contribution is -3.07. The molecule has 0 saturated carbocycles. The van der Waals surface area contributed by atoms with Gasteiger partial charge in [-0.25, -0.2) is 0 Å². The fourth-order valence-corrected chi connectivity index (χ4v) is 2.81. The number of aryl methyl sites for hydroxylation is 1. The number of nitrogens with zero attached hydrogens (tertiary/aromatic N) is 2. The molecule has 5 nitrogen and oxygen atoms in total. The zero-order chi connectivity index (χ0) is 17.8. The first-order valence-corrected chi connectivity index (χ1v) is 8.55. The molecule has 6 heteroatoms. The molecule has 1 unspecified atom stereocenters. The molecule has 1 N–H and O–H groups in total. The van der Waals surface area contributed by atoms with E-state index in [1.807, 2.05) is 36.4 Å². The van der Waals surface area contributed by atoms with E-state index in [4.69, 9.17) is 21.4 Å². The van der Waals surface area contributed by atoms with E-state index >= 15 is 0 Å². The van der Waals surface area contributed by atoms with Gasteiger partial charge in [-0.1, -0.05) is 17.7 Å². The average Bonchev–Trinajstić information content (AvgIpc) is 2.96. The van der Waals surface area contributed by atoms with E-state index in [0.717, 1.165) is 17.9 Å². The first kappa shape index (κ1) is 17.4. The van der Waals surface area contributed by atoms with Gasteiger partial charge in [0.2, 0.25) is 5.89 Å². The molecule has 130 valence electrons. The smallest absolute Gasteiger partial charge is 0.292 e. The van der Waals surface area contributed by atoms with Crippen molar-refractivity contribution >= 4 is 12.2 Å². The highest BCUT2D eigenvalue weighted by molar-refractivity contribution is 7.71. The fraction of sp³-hybridized carbons (Fsp3) is 0.263. The molecule has 1 atom stereocenters. The molecular formula is C19H22N3O2S+. The molecule has 2 aromatic carbocycles. The molecule has 3 rings (SSSR count). The summed E-state index contributed by atoms with van der Waals surface area (Å²) >= 11 is 5.32. The van der Waals surface area contributed by atoms with Crippen molar-refractivity contribution in [3.8, 4) is 17.2 Å². The number of rotatable bonds is 6. The topological polar surface area (TPSA) is 44.6 Å². The van der Waals surface area contributed by atoms with E-state index in [1.165, 1.54) is 16.0 Å². The third kappa shape index (κ3) is 4.35. The van der Waals surface area contributed by atoms with Crippen LogP contribution in [0.25, 0.3) is 11.5 Å². The zero-order valence-corrected chi connectivity index (χ0v) is 15.5. The Labute approximate surface area is 152 Å². The van der Waals surface area contributed by atoms with E-state index in [-0.39, 0.29) is 0 Å². The number of methoxy groups -OCH3 is 1. The van der Waals surface area contributed by atoms with Crippen molar-refractivity contribution in [1.29, 1.82) is 0 Å². The molecule has 0 aliphatic rings. The van der Waals surface area contributed by atoms with Crippen molar-refractivity contribution in [3.63, 3.8) is 0 Å². The van der Waals surface area contributed by atoms with Crippen LogP contribution in [-0.4, -0.2) is 23.9 Å². The van der Waals surface area contributed by atoms with Crippen LogP contribution in [0.3, 0.4) is 0 Å². The second-order valence-corrected chi connectivity index (χ2v) is 6.53. The maximum absolute atomic E-state index is 5.66. The molecule has 0 aliphatic heterocycles. The van der Waals surface area contributed by atoms with Crippen molar-refractivity contribution in [2.24, 2.45) is 0 Å². The summed E-state index contributed by atoms with van der Waals surface area (Å²) in [5.74, 6) is 1.42. The monoisotopic (exact) mass is 356 g/mol. The van der Waals surface area contributed by atoms with E-state index in [9.17, 15) is 0 Å². The Balaban J connectivity index is 1.69. The molecule has 3 aromatic rings. The normalized spacial score (nSPS) is 12.1. The first-order valence-electron chi connectivity index (χ1n) is 8.14. The molecule has 1 aromatic heterocycles. The van der Waals surface area contributed by atoms with Gasteiger partial charge in [-0.3, -0.25) is 0 Å². The predicted molar refractivity (Wildman–Crippen MR) is 99.1 cm³/mol. The van der Waals surface area contributed by atoms with Crippen molar-refractivity contribution < 1.29 is 14.1 Å². The van der Waals surface area contributed by atoms with Crippen LogP contribution in [0.5, 0.6) is 5.75 Å². The summed E-state index contributed by atoms with van der Waals surface area (Å²) in [6, 6.07) is 16.1. The van der Waals surface area contributed by atoms with Gasteiger partial charge in [0.1, 0.15) is 12.3 Å². The maximum Gasteiger partial charge on any atom is 0.292 e. The van der Waals surface area contributed by atoms with Gasteiger partial charge in [-0.15, -0.1) is 5.10 Å². The van der Waals surface area contributed by atoms with E-state index < -0.39 is 0 Å². The molecule has 0 fully saturated rings. The van der Waals surface area contributed by atoms with Crippen LogP contribution in [-0.2, 0) is 13.2 Å². The quantitative estimate of drug-likeness (QED) is 0.690. The highest BCUT2D eigenvalue weighted by Gasteiger charge is 2.12. The van der Waals surface area contributed by atoms with Gasteiger partial charge in [0.05, 0.1) is 14.2 Å². The van der Waals surface area contributed by atoms with Crippen LogP contribution in [0.2, 0.25) is 0 Å². The lowest BCUT2D eigenvalue weighted by atomic mass is 10.1. The minimum Gasteiger partial charge on any atom is -0.497 e. The Kier molecular flexibility index (Phi) is 5.31. The van der Waals surface area contributed by atoms with Gasteiger partial charge in [0, 0.05) is 11.1 Å². The summed E-state index contributed by atoms with van der Waals surface area (Å²) in [4.78, 5) is 1.65. The fourth-order valence-electron chi connectivity index (χ4n) is 2.62. The predicted octanol–water partition coefficient (Wildman–Crippen LogP) is 2.86. The number of benzene rings is 2. The Bertz CT molecular complexity index is 882. The highest BCUT2D eigenvalue weighted by atomic mass is 32.1. The Hall–Kier alpha value is -2.44. The van der Waals surface area contributed by atoms with Gasteiger partial charge < -0.3 is 14.1 Å². The molecule has 0 spiro atoms. The molecule has 0 saturated heterocycles. The second kappa shape index (κ2) is 7.63. The molecule has 0 radical (unpaired) electrons. The first-order chi connectivity index (χ1) is 12.0. The van der Waals surface area contributed by atoms with Crippen LogP contribution in [0.4, 0.5) is 0 Å². The lowest BCUT2D eigenvalue weighted by Gasteiger charge is -2.13. The third-order valence-electron chi connectivity index (χ3n) is 3.99. The van der Waals surface area contributed by atoms with Gasteiger partial charge >= 0.3 is 0 Å². The number of quaternary nitrogens is 1. The van der Waals surface area contributed by atoms with Crippen molar-refractivity contribution in [1.82, 2.24) is 9.78 Å². The summed E-state index contributed by atoms with van der Waals surface area (Å²) < 4.78 is 12.6. The Morgan fingerprint density at radius 2 is 1.80 bits per heavy atom. The minimum atomic E-state index is 0.393. The van der Waals surface area contributed by atoms with Crippen molar-refractivity contribution in [2.75, 3.05) is 14.2 Å². The molecule has 25 heavy (non-hydrogen) atoms. The Morgan fingerprint density at radius 1 is 1.12 bits per heavy atom. The van der Waals surface area contributed by atoms with Crippen molar-refractivity contribution in [2.45, 2.75) is 20.1 Å². The van der Waals surface area contributed by atoms with Gasteiger partial charge in [-0.2, -0.15) is 4.68 Å². The summed E-state index contributed by atoms with van der Waals surface area (Å²) in [5, 5.41) is 4.52. The number of hydrogen-bond donors (Lipinski definition) is 1. The van der Waals surface area contributed by atoms with E-state index in [0.29, 0.717) is 17.4 Å². The second-order valence-electron chi connectivity index (χ2n) is 6.18. The minimum absolute atomic E-state index is 0.393. The summed E-state index contributed by atoms with van der Waals surface area (Å²) in [5.41, 5.74) is 3.36. The van der Waals surface area contributed by atoms with Crippen LogP contribution in [0.15, 0.2) is 52.9 Å². The van der Waals surface area contributed by atoms with Gasteiger partial charge in [0.25, 0.3) is 4.84 Å². The van der Waals surface area contributed by atoms with Gasteiger partial charge in [-0.05, 0) is 55.5 Å². The van der Waals surface area contributed by atoms with Crippen LogP contribution in [0, 0.1) is 11.8 Å². The zero-order valence-electron chi connectivity index (χ0n) is 14.7. The molecule has 0 aliphatic carbocycles. The number of hydrogen-bond acceptors (Lipinski definition) is 4. The van der Waals surface area contributed by atoms with E-state index in [2.05, 4.69) is 31.2 Å². The summed E-state index contributed by atoms with van der Waals surface area (Å²) in [7, 11) is 3.77. The van der Waals surface area contributed by atoms with Gasteiger partial charge in [0.15, 0.2) is 6.67 Å². The third-order valence-corrected chi connectivity index (χ3v) is 4.28. The summed E-state index contributed by atoms with van der Waals surface area (Å²) in [6.07, 6.45) is 0. The van der Waals surface area contributed by atoms with Crippen LogP contribution >= 0.6 is 12.2 Å². The van der Waals surface area contributed by atoms with Crippen LogP contribution < -0.4 is 9.64 Å². The Morgan fingerprint density at radius 3 is 2.44 bits per heavy atom. The molecule has 1 heterocycles. The number of aromatic nitrogens is 2. The maximum atomic E-state index is 5.66. The van der Waals surface area contributed by atoms with Crippen LogP contribution in [0.1, 0.15) is 11.1 Å². The summed E-state index contributed by atoms with van der Waals surface area (Å²) in [6.45, 7) is 3.55. The molecular weight excluding hydrogens is 334 g/mol. The van der Waals surface area contributed by atoms with Crippen molar-refractivity contribution in [3.05, 3.63) is 64.5 Å². The largest absolute Gasteiger partial charge is 0.497 e. The number of ether oxygens (including phenoxy) is 1. The van der Waals surface area contributed by atoms with E-state index in [1.54, 1.807) is 11.8 Å². The molecule has 0 bridgehead atoms. The SMILES string of the molecule is COc1ccc(C[NH+](C)Cn2nc(-c3ccc(C)cc3)oc2=S)cc1. The molecule has 0 amide bonds.